The molecule has 2 rings (SSSR count). The molecule has 4 nitrogen and oxygen atoms in total. The van der Waals surface area contributed by atoms with Crippen LogP contribution in [0.25, 0.3) is 0 Å². The molecule has 15 heavy (non-hydrogen) atoms. The highest BCUT2D eigenvalue weighted by Gasteiger charge is 2.43. The first-order chi connectivity index (χ1) is 7.24. The lowest BCUT2D eigenvalue weighted by Gasteiger charge is -2.34. The third kappa shape index (κ3) is 1.76. The average Bonchev–Trinajstić information content (AvgIpc) is 2.28. The second-order valence-electron chi connectivity index (χ2n) is 3.94. The van der Waals surface area contributed by atoms with Crippen LogP contribution >= 0.6 is 0 Å². The number of fused-ring (bicyclic) bond motifs is 1. The fourth-order valence-electron chi connectivity index (χ4n) is 2.37. The molecule has 1 fully saturated rings. The van der Waals surface area contributed by atoms with E-state index in [-0.39, 0.29) is 29.7 Å². The largest absolute Gasteiger partial charge is 0.469 e. The molecule has 3 atom stereocenters. The number of methoxy groups -OCH3 is 1. The summed E-state index contributed by atoms with van der Waals surface area (Å²) in [4.78, 5) is 23.1. The second kappa shape index (κ2) is 4.04. The van der Waals surface area contributed by atoms with Crippen molar-refractivity contribution in [3.8, 4) is 0 Å². The molecule has 0 N–H and O–H groups in total. The summed E-state index contributed by atoms with van der Waals surface area (Å²) in [7, 11) is 1.35. The molecule has 1 aliphatic carbocycles. The fourth-order valence-corrected chi connectivity index (χ4v) is 2.37. The van der Waals surface area contributed by atoms with Gasteiger partial charge >= 0.3 is 11.9 Å². The Morgan fingerprint density at radius 3 is 3.13 bits per heavy atom. The molecule has 4 heteroatoms. The summed E-state index contributed by atoms with van der Waals surface area (Å²) >= 11 is 0. The maximum absolute atomic E-state index is 11.6. The van der Waals surface area contributed by atoms with E-state index in [0.717, 1.165) is 6.42 Å². The van der Waals surface area contributed by atoms with Gasteiger partial charge in [-0.3, -0.25) is 9.59 Å². The highest BCUT2D eigenvalue weighted by molar-refractivity contribution is 5.83. The third-order valence-corrected chi connectivity index (χ3v) is 3.14. The van der Waals surface area contributed by atoms with E-state index in [2.05, 4.69) is 0 Å². The molecular formula is C11H14O4. The molecule has 0 aromatic carbocycles. The van der Waals surface area contributed by atoms with Gasteiger partial charge in [0, 0.05) is 0 Å². The highest BCUT2D eigenvalue weighted by Crippen LogP contribution is 2.36. The van der Waals surface area contributed by atoms with Crippen molar-refractivity contribution < 1.29 is 19.1 Å². The molecule has 82 valence electrons. The lowest BCUT2D eigenvalue weighted by molar-refractivity contribution is -0.166. The Morgan fingerprint density at radius 1 is 1.60 bits per heavy atom. The molecule has 0 aromatic heterocycles. The second-order valence-corrected chi connectivity index (χ2v) is 3.94. The summed E-state index contributed by atoms with van der Waals surface area (Å²) in [6, 6.07) is 0. The summed E-state index contributed by atoms with van der Waals surface area (Å²) in [5.41, 5.74) is 0. The monoisotopic (exact) mass is 210 g/mol. The Morgan fingerprint density at radius 2 is 2.40 bits per heavy atom. The van der Waals surface area contributed by atoms with Crippen LogP contribution in [-0.2, 0) is 19.1 Å². The normalized spacial score (nSPS) is 34.2. The summed E-state index contributed by atoms with van der Waals surface area (Å²) in [6.45, 7) is 0.457. The van der Waals surface area contributed by atoms with Gasteiger partial charge < -0.3 is 9.47 Å². The summed E-state index contributed by atoms with van der Waals surface area (Å²) in [5.74, 6) is -1.13. The Labute approximate surface area is 88.2 Å². The Balaban J connectivity index is 2.22. The molecule has 0 spiro atoms. The van der Waals surface area contributed by atoms with Gasteiger partial charge in [0.05, 0.1) is 25.6 Å². The molecule has 0 saturated carbocycles. The first kappa shape index (κ1) is 10.2. The van der Waals surface area contributed by atoms with Gasteiger partial charge in [0.2, 0.25) is 0 Å². The van der Waals surface area contributed by atoms with Gasteiger partial charge in [-0.1, -0.05) is 12.2 Å². The van der Waals surface area contributed by atoms with E-state index in [1.807, 2.05) is 12.2 Å². The zero-order valence-electron chi connectivity index (χ0n) is 8.64. The minimum Gasteiger partial charge on any atom is -0.469 e. The fraction of sp³-hybridized carbons (Fsp3) is 0.636. The smallest absolute Gasteiger partial charge is 0.310 e. The van der Waals surface area contributed by atoms with Crippen LogP contribution in [0.4, 0.5) is 0 Å². The minimum atomic E-state index is -0.363. The van der Waals surface area contributed by atoms with Gasteiger partial charge in [-0.05, 0) is 18.8 Å². The number of carbonyl (C=O) groups is 2. The van der Waals surface area contributed by atoms with Crippen molar-refractivity contribution in [3.05, 3.63) is 12.2 Å². The van der Waals surface area contributed by atoms with Crippen molar-refractivity contribution in [1.29, 1.82) is 0 Å². The van der Waals surface area contributed by atoms with E-state index in [0.29, 0.717) is 13.0 Å². The maximum Gasteiger partial charge on any atom is 0.310 e. The first-order valence-corrected chi connectivity index (χ1v) is 5.15. The van der Waals surface area contributed by atoms with Crippen molar-refractivity contribution in [2.24, 2.45) is 17.8 Å². The number of cyclic esters (lactones) is 1. The number of esters is 2. The number of carbonyl (C=O) groups excluding carboxylic acids is 2. The van der Waals surface area contributed by atoms with Crippen molar-refractivity contribution in [2.45, 2.75) is 12.8 Å². The van der Waals surface area contributed by atoms with Crippen molar-refractivity contribution in [3.63, 3.8) is 0 Å². The molecule has 1 heterocycles. The zero-order valence-corrected chi connectivity index (χ0v) is 8.64. The molecule has 1 saturated heterocycles. The molecule has 0 unspecified atom stereocenters. The van der Waals surface area contributed by atoms with E-state index >= 15 is 0 Å². The van der Waals surface area contributed by atoms with Crippen LogP contribution in [0.1, 0.15) is 12.8 Å². The third-order valence-electron chi connectivity index (χ3n) is 3.14. The van der Waals surface area contributed by atoms with Gasteiger partial charge in [-0.15, -0.1) is 0 Å². The van der Waals surface area contributed by atoms with Crippen LogP contribution in [-0.4, -0.2) is 25.7 Å². The molecule has 0 aromatic rings. The van der Waals surface area contributed by atoms with Crippen LogP contribution in [0.2, 0.25) is 0 Å². The predicted octanol–water partition coefficient (Wildman–Crippen LogP) is 0.915. The van der Waals surface area contributed by atoms with Gasteiger partial charge in [0.1, 0.15) is 0 Å². The molecule has 0 amide bonds. The maximum atomic E-state index is 11.6. The summed E-state index contributed by atoms with van der Waals surface area (Å²) in [5, 5.41) is 0. The molecule has 0 bridgehead atoms. The van der Waals surface area contributed by atoms with Crippen molar-refractivity contribution in [2.75, 3.05) is 13.7 Å². The Hall–Kier alpha value is -1.32. The predicted molar refractivity (Wildman–Crippen MR) is 51.8 cm³/mol. The lowest BCUT2D eigenvalue weighted by Crippen LogP contribution is -2.41. The van der Waals surface area contributed by atoms with E-state index in [1.165, 1.54) is 7.11 Å². The number of hydrogen-bond donors (Lipinski definition) is 0. The molecular weight excluding hydrogens is 196 g/mol. The van der Waals surface area contributed by atoms with Gasteiger partial charge in [-0.2, -0.15) is 0 Å². The Bertz CT molecular complexity index is 308. The Kier molecular flexibility index (Phi) is 2.75. The molecule has 2 aliphatic rings. The van der Waals surface area contributed by atoms with Crippen LogP contribution in [0, 0.1) is 17.8 Å². The van der Waals surface area contributed by atoms with E-state index in [9.17, 15) is 9.59 Å². The van der Waals surface area contributed by atoms with Crippen LogP contribution in [0.5, 0.6) is 0 Å². The number of rotatable bonds is 1. The quantitative estimate of drug-likeness (QED) is 0.477. The average molecular weight is 210 g/mol. The number of ether oxygens (including phenoxy) is 2. The number of allylic oxidation sites excluding steroid dienone is 2. The van der Waals surface area contributed by atoms with Gasteiger partial charge in [0.25, 0.3) is 0 Å². The standard InChI is InChI=1S/C11H14O4/c1-14-10(12)8-4-2-3-7-5-6-15-11(13)9(7)8/h2-3,7-9H,4-6H2,1H3/t7-,8+,9+/m1/s1. The zero-order chi connectivity index (χ0) is 10.8. The van der Waals surface area contributed by atoms with Crippen LogP contribution in [0.15, 0.2) is 12.2 Å². The van der Waals surface area contributed by atoms with Crippen molar-refractivity contribution in [1.82, 2.24) is 0 Å². The van der Waals surface area contributed by atoms with Crippen LogP contribution < -0.4 is 0 Å². The minimum absolute atomic E-state index is 0.143. The summed E-state index contributed by atoms with van der Waals surface area (Å²) in [6.07, 6.45) is 5.36. The lowest BCUT2D eigenvalue weighted by atomic mass is 9.73. The molecule has 0 radical (unpaired) electrons. The van der Waals surface area contributed by atoms with Gasteiger partial charge in [-0.25, -0.2) is 0 Å². The first-order valence-electron chi connectivity index (χ1n) is 5.15. The van der Waals surface area contributed by atoms with Crippen molar-refractivity contribution >= 4 is 11.9 Å². The topological polar surface area (TPSA) is 52.6 Å². The summed E-state index contributed by atoms with van der Waals surface area (Å²) < 4.78 is 9.70. The van der Waals surface area contributed by atoms with Gasteiger partial charge in [0.15, 0.2) is 0 Å². The van der Waals surface area contributed by atoms with E-state index in [4.69, 9.17) is 9.47 Å². The highest BCUT2D eigenvalue weighted by atomic mass is 16.5. The van der Waals surface area contributed by atoms with E-state index < -0.39 is 0 Å². The SMILES string of the molecule is COC(=O)[C@H]1CC=C[C@@H]2CCOC(=O)[C@@H]21. The van der Waals surface area contributed by atoms with E-state index in [1.54, 1.807) is 0 Å². The number of hydrogen-bond acceptors (Lipinski definition) is 4. The van der Waals surface area contributed by atoms with Crippen LogP contribution in [0.3, 0.4) is 0 Å². The molecule has 1 aliphatic heterocycles.